The molecule has 1 heterocycles. The van der Waals surface area contributed by atoms with Gasteiger partial charge < -0.3 is 0 Å². The number of piperidine rings is 1. The van der Waals surface area contributed by atoms with Gasteiger partial charge in [0.25, 0.3) is 0 Å². The highest BCUT2D eigenvalue weighted by Gasteiger charge is 2.41. The fourth-order valence-corrected chi connectivity index (χ4v) is 6.57. The fraction of sp³-hybridized carbons (Fsp3) is 0.600. The Morgan fingerprint density at radius 2 is 1.62 bits per heavy atom. The summed E-state index contributed by atoms with van der Waals surface area (Å²) in [5.41, 5.74) is 0. The van der Waals surface area contributed by atoms with Gasteiger partial charge >= 0.3 is 0 Å². The molecular weight excluding hydrogens is 329 g/mol. The monoisotopic (exact) mass is 347 g/mol. The van der Waals surface area contributed by atoms with Crippen LogP contribution in [-0.2, 0) is 10.0 Å². The van der Waals surface area contributed by atoms with E-state index in [2.05, 4.69) is 0 Å². The molecule has 0 aromatic heterocycles. The summed E-state index contributed by atoms with van der Waals surface area (Å²) in [7, 11) is -3.62. The molecule has 0 N–H and O–H groups in total. The van der Waals surface area contributed by atoms with Crippen molar-refractivity contribution in [1.82, 2.24) is 4.31 Å². The van der Waals surface area contributed by atoms with Crippen molar-refractivity contribution in [3.8, 4) is 0 Å². The first-order valence-electron chi connectivity index (χ1n) is 7.47. The molecule has 116 valence electrons. The van der Waals surface area contributed by atoms with Crippen molar-refractivity contribution >= 4 is 33.2 Å². The van der Waals surface area contributed by atoms with Gasteiger partial charge in [-0.05, 0) is 43.7 Å². The van der Waals surface area contributed by atoms with Crippen LogP contribution in [0.3, 0.4) is 0 Å². The van der Waals surface area contributed by atoms with Gasteiger partial charge in [-0.15, -0.1) is 0 Å². The molecule has 1 saturated heterocycles. The molecule has 0 bridgehead atoms. The fourth-order valence-electron chi connectivity index (χ4n) is 3.72. The van der Waals surface area contributed by atoms with Crippen LogP contribution in [0.4, 0.5) is 0 Å². The van der Waals surface area contributed by atoms with E-state index in [0.717, 1.165) is 32.1 Å². The van der Waals surface area contributed by atoms with Crippen molar-refractivity contribution in [2.75, 3.05) is 6.54 Å². The summed E-state index contributed by atoms with van der Waals surface area (Å²) in [5.74, 6) is 0.489. The third kappa shape index (κ3) is 2.83. The molecule has 1 aliphatic carbocycles. The van der Waals surface area contributed by atoms with Gasteiger partial charge in [0.2, 0.25) is 10.0 Å². The van der Waals surface area contributed by atoms with Crippen molar-refractivity contribution in [3.05, 3.63) is 28.2 Å². The Bertz CT molecular complexity index is 610. The highest BCUT2D eigenvalue weighted by molar-refractivity contribution is 7.89. The van der Waals surface area contributed by atoms with E-state index in [1.807, 2.05) is 0 Å². The molecule has 1 saturated carbocycles. The highest BCUT2D eigenvalue weighted by Crippen LogP contribution is 2.40. The minimum absolute atomic E-state index is 0.0690. The Hall–Kier alpha value is -0.290. The smallest absolute Gasteiger partial charge is 0.207 e. The Kier molecular flexibility index (Phi) is 4.51. The lowest BCUT2D eigenvalue weighted by Crippen LogP contribution is -2.49. The van der Waals surface area contributed by atoms with Crippen LogP contribution >= 0.6 is 23.2 Å². The number of halogens is 2. The zero-order valence-electron chi connectivity index (χ0n) is 11.8. The molecule has 2 fully saturated rings. The van der Waals surface area contributed by atoms with Crippen molar-refractivity contribution in [2.24, 2.45) is 5.92 Å². The second-order valence-electron chi connectivity index (χ2n) is 5.92. The minimum Gasteiger partial charge on any atom is -0.207 e. The zero-order chi connectivity index (χ0) is 15.0. The van der Waals surface area contributed by atoms with Crippen molar-refractivity contribution in [2.45, 2.75) is 49.5 Å². The average Bonchev–Trinajstić information content (AvgIpc) is 2.46. The summed E-state index contributed by atoms with van der Waals surface area (Å²) in [4.78, 5) is 0.0690. The van der Waals surface area contributed by atoms with E-state index < -0.39 is 10.0 Å². The number of sulfonamides is 1. The predicted octanol–water partition coefficient (Wildman–Crippen LogP) is 4.34. The topological polar surface area (TPSA) is 37.4 Å². The largest absolute Gasteiger partial charge is 0.246 e. The lowest BCUT2D eigenvalue weighted by Gasteiger charge is -2.43. The number of nitrogens with zero attached hydrogens (tertiary/aromatic N) is 1. The molecule has 0 amide bonds. The van der Waals surface area contributed by atoms with Crippen LogP contribution in [0.1, 0.15) is 38.5 Å². The van der Waals surface area contributed by atoms with Gasteiger partial charge in [-0.1, -0.05) is 42.1 Å². The van der Waals surface area contributed by atoms with Gasteiger partial charge in [0.15, 0.2) is 0 Å². The van der Waals surface area contributed by atoms with E-state index >= 15 is 0 Å². The molecular formula is C15H19Cl2NO2S. The number of rotatable bonds is 2. The first kappa shape index (κ1) is 15.6. The van der Waals surface area contributed by atoms with Gasteiger partial charge in [-0.3, -0.25) is 0 Å². The number of benzene rings is 1. The Labute approximate surface area is 136 Å². The quantitative estimate of drug-likeness (QED) is 0.797. The van der Waals surface area contributed by atoms with Gasteiger partial charge in [0.1, 0.15) is 4.90 Å². The lowest BCUT2D eigenvalue weighted by atomic mass is 9.79. The molecule has 21 heavy (non-hydrogen) atoms. The van der Waals surface area contributed by atoms with Crippen LogP contribution in [-0.4, -0.2) is 25.3 Å². The van der Waals surface area contributed by atoms with Gasteiger partial charge in [0, 0.05) is 12.6 Å². The number of hydrogen-bond acceptors (Lipinski definition) is 2. The van der Waals surface area contributed by atoms with Crippen molar-refractivity contribution < 1.29 is 8.42 Å². The predicted molar refractivity (Wildman–Crippen MR) is 85.3 cm³/mol. The Balaban J connectivity index is 2.01. The van der Waals surface area contributed by atoms with Crippen LogP contribution < -0.4 is 0 Å². The second-order valence-corrected chi connectivity index (χ2v) is 8.56. The SMILES string of the molecule is O=S(=O)(c1c(Cl)cccc1Cl)N1CCC[C@H]2CCCC[C@@H]21. The summed E-state index contributed by atoms with van der Waals surface area (Å²) in [6.45, 7) is 0.574. The van der Waals surface area contributed by atoms with E-state index in [-0.39, 0.29) is 21.0 Å². The molecule has 6 heteroatoms. The summed E-state index contributed by atoms with van der Waals surface area (Å²) >= 11 is 12.2. The maximum Gasteiger partial charge on any atom is 0.246 e. The molecule has 0 radical (unpaired) electrons. The Morgan fingerprint density at radius 1 is 1.00 bits per heavy atom. The van der Waals surface area contributed by atoms with Crippen LogP contribution in [0.25, 0.3) is 0 Å². The van der Waals surface area contributed by atoms with Crippen LogP contribution in [0.5, 0.6) is 0 Å². The zero-order valence-corrected chi connectivity index (χ0v) is 14.1. The molecule has 3 rings (SSSR count). The summed E-state index contributed by atoms with van der Waals surface area (Å²) in [5, 5.41) is 0.417. The lowest BCUT2D eigenvalue weighted by molar-refractivity contribution is 0.129. The average molecular weight is 348 g/mol. The van der Waals surface area contributed by atoms with Gasteiger partial charge in [-0.25, -0.2) is 8.42 Å². The summed E-state index contributed by atoms with van der Waals surface area (Å²) < 4.78 is 27.7. The van der Waals surface area contributed by atoms with E-state index in [1.165, 1.54) is 6.42 Å². The molecule has 2 atom stereocenters. The molecule has 0 spiro atoms. The van der Waals surface area contributed by atoms with Crippen molar-refractivity contribution in [1.29, 1.82) is 0 Å². The first-order chi connectivity index (χ1) is 10.0. The minimum atomic E-state index is -3.62. The van der Waals surface area contributed by atoms with Crippen LogP contribution in [0.15, 0.2) is 23.1 Å². The maximum atomic E-state index is 13.0. The molecule has 1 aliphatic heterocycles. The number of hydrogen-bond donors (Lipinski definition) is 0. The second kappa shape index (κ2) is 6.07. The molecule has 0 unspecified atom stereocenters. The molecule has 3 nitrogen and oxygen atoms in total. The summed E-state index contributed by atoms with van der Waals surface area (Å²) in [6.07, 6.45) is 6.44. The van der Waals surface area contributed by atoms with Gasteiger partial charge in [0.05, 0.1) is 10.0 Å². The van der Waals surface area contributed by atoms with E-state index in [1.54, 1.807) is 22.5 Å². The summed E-state index contributed by atoms with van der Waals surface area (Å²) in [6, 6.07) is 4.96. The van der Waals surface area contributed by atoms with Crippen LogP contribution in [0.2, 0.25) is 10.0 Å². The molecule has 1 aromatic rings. The first-order valence-corrected chi connectivity index (χ1v) is 9.67. The molecule has 2 aliphatic rings. The standard InChI is InChI=1S/C15H19Cl2NO2S/c16-12-7-3-8-13(17)15(12)21(19,20)18-10-4-6-11-5-1-2-9-14(11)18/h3,7-8,11,14H,1-2,4-6,9-10H2/t11-,14+/m1/s1. The normalized spacial score (nSPS) is 27.3. The third-order valence-electron chi connectivity index (χ3n) is 4.68. The van der Waals surface area contributed by atoms with E-state index in [4.69, 9.17) is 23.2 Å². The van der Waals surface area contributed by atoms with Gasteiger partial charge in [-0.2, -0.15) is 4.31 Å². The maximum absolute atomic E-state index is 13.0. The third-order valence-corrected chi connectivity index (χ3v) is 7.56. The number of fused-ring (bicyclic) bond motifs is 1. The highest BCUT2D eigenvalue weighted by atomic mass is 35.5. The van der Waals surface area contributed by atoms with E-state index in [9.17, 15) is 8.42 Å². The van der Waals surface area contributed by atoms with Crippen molar-refractivity contribution in [3.63, 3.8) is 0 Å². The molecule has 1 aromatic carbocycles. The van der Waals surface area contributed by atoms with E-state index in [0.29, 0.717) is 12.5 Å². The Morgan fingerprint density at radius 3 is 2.33 bits per heavy atom. The van der Waals surface area contributed by atoms with Crippen LogP contribution in [0, 0.1) is 5.92 Å².